The lowest BCUT2D eigenvalue weighted by atomic mass is 10.1. The number of hydrogen-bond donors (Lipinski definition) is 2. The molecule has 1 aromatic heterocycles. The first-order valence-corrected chi connectivity index (χ1v) is 10.0. The summed E-state index contributed by atoms with van der Waals surface area (Å²) >= 11 is 0. The highest BCUT2D eigenvalue weighted by molar-refractivity contribution is 5.88. The van der Waals surface area contributed by atoms with Crippen molar-refractivity contribution in [3.8, 4) is 16.9 Å². The van der Waals surface area contributed by atoms with Gasteiger partial charge in [0.05, 0.1) is 18.5 Å². The lowest BCUT2D eigenvalue weighted by Gasteiger charge is -2.11. The number of ether oxygens (including phenoxy) is 1. The fourth-order valence-electron chi connectivity index (χ4n) is 3.03. The van der Waals surface area contributed by atoms with Gasteiger partial charge in [-0.3, -0.25) is 4.98 Å². The highest BCUT2D eigenvalue weighted by Crippen LogP contribution is 2.29. The Hall–Kier alpha value is -3.34. The molecule has 0 fully saturated rings. The van der Waals surface area contributed by atoms with Gasteiger partial charge in [0.25, 0.3) is 0 Å². The van der Waals surface area contributed by atoms with Crippen molar-refractivity contribution in [1.29, 1.82) is 0 Å². The average Bonchev–Trinajstić information content (AvgIpc) is 2.77. The summed E-state index contributed by atoms with van der Waals surface area (Å²) < 4.78 is 6.02. The molecule has 2 aromatic carbocycles. The van der Waals surface area contributed by atoms with Gasteiger partial charge in [0.2, 0.25) is 0 Å². The first-order chi connectivity index (χ1) is 14.3. The number of nitrogens with one attached hydrogen (secondary N) is 2. The Kier molecular flexibility index (Phi) is 8.08. The second kappa shape index (κ2) is 11.5. The van der Waals surface area contributed by atoms with Gasteiger partial charge >= 0.3 is 6.03 Å². The van der Waals surface area contributed by atoms with E-state index < -0.39 is 0 Å². The predicted octanol–water partition coefficient (Wildman–Crippen LogP) is 5.51. The number of hydrogen-bond acceptors (Lipinski definition) is 3. The lowest BCUT2D eigenvalue weighted by molar-refractivity contribution is 0.251. The topological polar surface area (TPSA) is 63.2 Å². The Morgan fingerprint density at radius 1 is 0.862 bits per heavy atom. The van der Waals surface area contributed by atoms with Crippen LogP contribution in [0.3, 0.4) is 0 Å². The molecule has 0 aliphatic rings. The third-order valence-electron chi connectivity index (χ3n) is 4.51. The number of carbonyl (C=O) groups excluding carboxylic acids is 1. The van der Waals surface area contributed by atoms with Gasteiger partial charge in [-0.1, -0.05) is 61.4 Å². The Labute approximate surface area is 172 Å². The van der Waals surface area contributed by atoms with E-state index in [1.807, 2.05) is 42.5 Å². The summed E-state index contributed by atoms with van der Waals surface area (Å²) in [6.45, 7) is 1.35. The van der Waals surface area contributed by atoms with Crippen LogP contribution in [0, 0.1) is 0 Å². The molecule has 0 radical (unpaired) electrons. The minimum absolute atomic E-state index is 0.196. The van der Waals surface area contributed by atoms with Crippen LogP contribution in [0.2, 0.25) is 0 Å². The van der Waals surface area contributed by atoms with Crippen LogP contribution in [0.25, 0.3) is 11.1 Å². The van der Waals surface area contributed by atoms with Crippen LogP contribution in [-0.4, -0.2) is 24.2 Å². The number of anilines is 1. The number of aromatic nitrogens is 1. The second-order valence-corrected chi connectivity index (χ2v) is 6.75. The first kappa shape index (κ1) is 20.4. The van der Waals surface area contributed by atoms with E-state index in [9.17, 15) is 4.79 Å². The Morgan fingerprint density at radius 3 is 2.48 bits per heavy atom. The van der Waals surface area contributed by atoms with Crippen LogP contribution in [0.1, 0.15) is 25.7 Å². The van der Waals surface area contributed by atoms with Crippen LogP contribution in [0.4, 0.5) is 10.5 Å². The number of nitrogens with zero attached hydrogens (tertiary/aromatic N) is 1. The van der Waals surface area contributed by atoms with Gasteiger partial charge in [-0.15, -0.1) is 0 Å². The molecule has 2 N–H and O–H groups in total. The minimum Gasteiger partial charge on any atom is -0.493 e. The van der Waals surface area contributed by atoms with Gasteiger partial charge in [-0.2, -0.15) is 0 Å². The molecule has 5 heteroatoms. The van der Waals surface area contributed by atoms with Gasteiger partial charge in [-0.05, 0) is 36.6 Å². The fourth-order valence-corrected chi connectivity index (χ4v) is 3.03. The van der Waals surface area contributed by atoms with Crippen LogP contribution in [0.5, 0.6) is 5.75 Å². The van der Waals surface area contributed by atoms with Crippen molar-refractivity contribution < 1.29 is 9.53 Å². The maximum Gasteiger partial charge on any atom is 0.319 e. The number of urea groups is 1. The van der Waals surface area contributed by atoms with E-state index >= 15 is 0 Å². The van der Waals surface area contributed by atoms with Crippen LogP contribution in [0.15, 0.2) is 79.1 Å². The molecular formula is C24H27N3O2. The molecule has 1 heterocycles. The van der Waals surface area contributed by atoms with Gasteiger partial charge in [-0.25, -0.2) is 4.79 Å². The van der Waals surface area contributed by atoms with Gasteiger partial charge in [0.15, 0.2) is 0 Å². The van der Waals surface area contributed by atoms with E-state index in [1.165, 1.54) is 5.56 Å². The number of carbonyl (C=O) groups is 1. The zero-order valence-electron chi connectivity index (χ0n) is 16.5. The number of amides is 2. The maximum atomic E-state index is 11.8. The van der Waals surface area contributed by atoms with Crippen molar-refractivity contribution in [2.75, 3.05) is 18.5 Å². The van der Waals surface area contributed by atoms with E-state index in [0.29, 0.717) is 18.8 Å². The van der Waals surface area contributed by atoms with E-state index in [4.69, 9.17) is 4.74 Å². The molecule has 5 nitrogen and oxygen atoms in total. The first-order valence-electron chi connectivity index (χ1n) is 10.0. The summed E-state index contributed by atoms with van der Waals surface area (Å²) in [5.41, 5.74) is 2.98. The molecule has 0 saturated heterocycles. The maximum absolute atomic E-state index is 11.8. The van der Waals surface area contributed by atoms with Gasteiger partial charge in [0.1, 0.15) is 5.75 Å². The van der Waals surface area contributed by atoms with E-state index in [0.717, 1.165) is 37.0 Å². The summed E-state index contributed by atoms with van der Waals surface area (Å²) in [5.74, 6) is 0.924. The molecule has 0 unspecified atom stereocenters. The third-order valence-corrected chi connectivity index (χ3v) is 4.51. The molecule has 3 rings (SSSR count). The summed E-state index contributed by atoms with van der Waals surface area (Å²) in [5, 5.41) is 5.62. The number of benzene rings is 2. The van der Waals surface area contributed by atoms with Gasteiger partial charge < -0.3 is 15.4 Å². The van der Waals surface area contributed by atoms with Crippen LogP contribution < -0.4 is 15.4 Å². The number of pyridine rings is 1. The Morgan fingerprint density at radius 2 is 1.66 bits per heavy atom. The normalized spacial score (nSPS) is 10.3. The summed E-state index contributed by atoms with van der Waals surface area (Å²) in [4.78, 5) is 15.7. The molecule has 2 amide bonds. The van der Waals surface area contributed by atoms with E-state index in [2.05, 4.69) is 33.8 Å². The molecule has 0 aliphatic heterocycles. The minimum atomic E-state index is -0.196. The van der Waals surface area contributed by atoms with Crippen molar-refractivity contribution >= 4 is 11.7 Å². The molecule has 3 aromatic rings. The summed E-state index contributed by atoms with van der Waals surface area (Å²) in [6, 6.07) is 21.8. The Balaban J connectivity index is 1.29. The quantitative estimate of drug-likeness (QED) is 0.449. The number of rotatable bonds is 10. The lowest BCUT2D eigenvalue weighted by Crippen LogP contribution is -2.29. The average molecular weight is 389 g/mol. The smallest absolute Gasteiger partial charge is 0.319 e. The monoisotopic (exact) mass is 389 g/mol. The molecule has 0 spiro atoms. The predicted molar refractivity (Wildman–Crippen MR) is 117 cm³/mol. The highest BCUT2D eigenvalue weighted by Gasteiger charge is 2.05. The molecular weight excluding hydrogens is 362 g/mol. The standard InChI is InChI=1S/C24H27N3O2/c28-24(27-21-13-10-16-25-19-21)26-17-8-1-2-9-18-29-23-15-7-6-14-22(23)20-11-4-3-5-12-20/h3-7,10-16,19H,1-2,8-9,17-18H2,(H2,26,27,28). The summed E-state index contributed by atoms with van der Waals surface area (Å²) in [6.07, 6.45) is 7.35. The highest BCUT2D eigenvalue weighted by atomic mass is 16.5. The summed E-state index contributed by atoms with van der Waals surface area (Å²) in [7, 11) is 0. The number of unbranched alkanes of at least 4 members (excludes halogenated alkanes) is 3. The van der Waals surface area contributed by atoms with E-state index in [1.54, 1.807) is 18.5 Å². The van der Waals surface area contributed by atoms with E-state index in [-0.39, 0.29) is 6.03 Å². The molecule has 29 heavy (non-hydrogen) atoms. The van der Waals surface area contributed by atoms with Crippen LogP contribution in [-0.2, 0) is 0 Å². The van der Waals surface area contributed by atoms with Crippen molar-refractivity contribution in [2.45, 2.75) is 25.7 Å². The van der Waals surface area contributed by atoms with Crippen molar-refractivity contribution in [2.24, 2.45) is 0 Å². The zero-order valence-corrected chi connectivity index (χ0v) is 16.5. The van der Waals surface area contributed by atoms with Crippen molar-refractivity contribution in [3.05, 3.63) is 79.1 Å². The molecule has 0 saturated carbocycles. The second-order valence-electron chi connectivity index (χ2n) is 6.75. The molecule has 0 atom stereocenters. The van der Waals surface area contributed by atoms with Crippen molar-refractivity contribution in [3.63, 3.8) is 0 Å². The molecule has 0 aliphatic carbocycles. The molecule has 0 bridgehead atoms. The zero-order chi connectivity index (χ0) is 20.2. The third kappa shape index (κ3) is 6.96. The Bertz CT molecular complexity index is 870. The SMILES string of the molecule is O=C(NCCCCCCOc1ccccc1-c1ccccc1)Nc1cccnc1. The van der Waals surface area contributed by atoms with Crippen LogP contribution >= 0.6 is 0 Å². The van der Waals surface area contributed by atoms with Crippen molar-refractivity contribution in [1.82, 2.24) is 10.3 Å². The largest absolute Gasteiger partial charge is 0.493 e. The molecule has 150 valence electrons. The number of para-hydroxylation sites is 1. The fraction of sp³-hybridized carbons (Fsp3) is 0.250. The van der Waals surface area contributed by atoms with Gasteiger partial charge in [0, 0.05) is 18.3 Å².